The van der Waals surface area contributed by atoms with Crippen molar-refractivity contribution in [3.05, 3.63) is 16.1 Å². The molecular weight excluding hydrogens is 520 g/mol. The number of ether oxygens (including phenoxy) is 1. The van der Waals surface area contributed by atoms with Gasteiger partial charge in [0.15, 0.2) is 13.0 Å². The van der Waals surface area contributed by atoms with Crippen LogP contribution in [0, 0.1) is 11.8 Å². The average molecular weight is 567 g/mol. The van der Waals surface area contributed by atoms with Crippen molar-refractivity contribution < 1.29 is 29.0 Å². The van der Waals surface area contributed by atoms with Crippen LogP contribution >= 0.6 is 11.3 Å². The van der Waals surface area contributed by atoms with E-state index in [4.69, 9.17) is 4.74 Å². The van der Waals surface area contributed by atoms with Gasteiger partial charge in [-0.05, 0) is 44.7 Å². The number of amides is 2. The first-order chi connectivity index (χ1) is 18.5. The van der Waals surface area contributed by atoms with Crippen LogP contribution in [0.15, 0.2) is 5.38 Å². The smallest absolute Gasteiger partial charge is 0.307 e. The van der Waals surface area contributed by atoms with Gasteiger partial charge in [-0.3, -0.25) is 24.1 Å². The highest BCUT2D eigenvalue weighted by Gasteiger charge is 2.36. The van der Waals surface area contributed by atoms with Gasteiger partial charge >= 0.3 is 5.97 Å². The largest absolute Gasteiger partial charge is 0.444 e. The summed E-state index contributed by atoms with van der Waals surface area (Å²) in [4.78, 5) is 58.5. The number of aliphatic hydroxyl groups excluding tert-OH is 1. The van der Waals surface area contributed by atoms with Crippen LogP contribution in [0.5, 0.6) is 0 Å². The summed E-state index contributed by atoms with van der Waals surface area (Å²) >= 11 is 1.18. The quantitative estimate of drug-likeness (QED) is 0.187. The molecule has 2 N–H and O–H groups in total. The molecule has 0 aromatic carbocycles. The Bertz CT molecular complexity index is 952. The minimum absolute atomic E-state index is 0.0981. The van der Waals surface area contributed by atoms with Crippen LogP contribution in [0.4, 0.5) is 0 Å². The first-order valence-electron chi connectivity index (χ1n) is 14.0. The molecule has 11 heteroatoms. The molecule has 0 spiro atoms. The van der Waals surface area contributed by atoms with Gasteiger partial charge in [0.1, 0.15) is 22.8 Å². The predicted molar refractivity (Wildman–Crippen MR) is 150 cm³/mol. The van der Waals surface area contributed by atoms with Crippen molar-refractivity contribution in [1.82, 2.24) is 20.1 Å². The minimum Gasteiger partial charge on any atom is -0.444 e. The number of nitrogens with one attached hydrogen (secondary N) is 1. The molecule has 0 saturated carbocycles. The van der Waals surface area contributed by atoms with Crippen molar-refractivity contribution in [3.63, 3.8) is 0 Å². The Morgan fingerprint density at radius 3 is 2.56 bits per heavy atom. The van der Waals surface area contributed by atoms with E-state index in [1.807, 2.05) is 46.6 Å². The Morgan fingerprint density at radius 1 is 1.28 bits per heavy atom. The fraction of sp³-hybridized carbons (Fsp3) is 0.750. The lowest BCUT2D eigenvalue weighted by molar-refractivity contribution is -0.159. The molecule has 10 nitrogen and oxygen atoms in total. The lowest BCUT2D eigenvalue weighted by Gasteiger charge is -2.38. The minimum atomic E-state index is -1.02. The normalized spacial score (nSPS) is 18.4. The molecule has 1 aliphatic heterocycles. The molecule has 0 aliphatic carbocycles. The summed E-state index contributed by atoms with van der Waals surface area (Å²) in [6.45, 7) is 10.2. The number of rotatable bonds is 15. The number of aromatic nitrogens is 1. The number of nitrogens with zero attached hydrogens (tertiary/aromatic N) is 3. The molecule has 2 rings (SSSR count). The Morgan fingerprint density at radius 2 is 2.00 bits per heavy atom. The summed E-state index contributed by atoms with van der Waals surface area (Å²) in [5.74, 6) is -0.951. The Hall–Kier alpha value is -2.37. The van der Waals surface area contributed by atoms with Crippen molar-refractivity contribution in [2.24, 2.45) is 11.8 Å². The first kappa shape index (κ1) is 32.8. The lowest BCUT2D eigenvalue weighted by atomic mass is 9.95. The summed E-state index contributed by atoms with van der Waals surface area (Å²) in [6.07, 6.45) is 3.79. The van der Waals surface area contributed by atoms with Crippen molar-refractivity contribution in [3.8, 4) is 0 Å². The zero-order valence-corrected chi connectivity index (χ0v) is 25.0. The van der Waals surface area contributed by atoms with Crippen LogP contribution in [0.3, 0.4) is 0 Å². The highest BCUT2D eigenvalue weighted by atomic mass is 32.1. The number of piperidine rings is 1. The molecular formula is C28H46N4O6S. The van der Waals surface area contributed by atoms with E-state index in [2.05, 4.69) is 10.3 Å². The van der Waals surface area contributed by atoms with E-state index >= 15 is 0 Å². The van der Waals surface area contributed by atoms with Gasteiger partial charge in [0.05, 0.1) is 6.04 Å². The zero-order valence-electron chi connectivity index (χ0n) is 24.2. The van der Waals surface area contributed by atoms with E-state index < -0.39 is 24.2 Å². The van der Waals surface area contributed by atoms with Crippen LogP contribution in [0.25, 0.3) is 0 Å². The molecule has 39 heavy (non-hydrogen) atoms. The lowest BCUT2D eigenvalue weighted by Crippen LogP contribution is -2.57. The Kier molecular flexibility index (Phi) is 13.5. The van der Waals surface area contributed by atoms with Crippen molar-refractivity contribution >= 4 is 35.4 Å². The Labute approximate surface area is 236 Å². The summed E-state index contributed by atoms with van der Waals surface area (Å²) in [5, 5.41) is 15.9. The topological polar surface area (TPSA) is 129 Å². The van der Waals surface area contributed by atoms with Gasteiger partial charge in [-0.2, -0.15) is 0 Å². The first-order valence-corrected chi connectivity index (χ1v) is 14.9. The molecule has 1 aromatic heterocycles. The molecule has 2 amide bonds. The number of esters is 1. The van der Waals surface area contributed by atoms with Crippen LogP contribution in [0.1, 0.15) is 101 Å². The summed E-state index contributed by atoms with van der Waals surface area (Å²) in [5.41, 5.74) is 0.240. The second-order valence-electron chi connectivity index (χ2n) is 11.2. The number of hydrogen-bond donors (Lipinski definition) is 2. The number of aliphatic hydroxyl groups is 1. The molecule has 0 bridgehead atoms. The monoisotopic (exact) mass is 566 g/mol. The SMILES string of the molecule is CCC[C@H](NC(=O)[C@H]1CCCCN1C)C(=O)N(COC(=O)CC(C)C)[C@H](C[C@@H](O)c1nc(C=O)cs1)C(C)C. The number of likely N-dealkylation sites (tertiary alicyclic amines) is 1. The third kappa shape index (κ3) is 9.95. The van der Waals surface area contributed by atoms with Gasteiger partial charge in [0, 0.05) is 24.3 Å². The van der Waals surface area contributed by atoms with Crippen molar-refractivity contribution in [2.75, 3.05) is 20.3 Å². The van der Waals surface area contributed by atoms with E-state index in [9.17, 15) is 24.3 Å². The van der Waals surface area contributed by atoms with E-state index in [0.29, 0.717) is 24.1 Å². The molecule has 220 valence electrons. The molecule has 0 radical (unpaired) electrons. The van der Waals surface area contributed by atoms with Gasteiger partial charge in [0.25, 0.3) is 0 Å². The van der Waals surface area contributed by atoms with Gasteiger partial charge in [-0.25, -0.2) is 4.98 Å². The molecule has 2 heterocycles. The summed E-state index contributed by atoms with van der Waals surface area (Å²) < 4.78 is 5.55. The summed E-state index contributed by atoms with van der Waals surface area (Å²) in [7, 11) is 1.92. The van der Waals surface area contributed by atoms with Gasteiger partial charge in [-0.1, -0.05) is 47.5 Å². The van der Waals surface area contributed by atoms with E-state index in [1.165, 1.54) is 16.2 Å². The van der Waals surface area contributed by atoms with Crippen LogP contribution < -0.4 is 5.32 Å². The van der Waals surface area contributed by atoms with Crippen molar-refractivity contribution in [2.45, 2.75) is 104 Å². The number of carbonyl (C=O) groups is 4. The molecule has 1 saturated heterocycles. The highest BCUT2D eigenvalue weighted by molar-refractivity contribution is 7.09. The fourth-order valence-corrected chi connectivity index (χ4v) is 5.64. The molecule has 0 unspecified atom stereocenters. The highest BCUT2D eigenvalue weighted by Crippen LogP contribution is 2.28. The number of carbonyl (C=O) groups excluding carboxylic acids is 4. The number of thiazole rings is 1. The Balaban J connectivity index is 2.31. The molecule has 4 atom stereocenters. The molecule has 1 fully saturated rings. The number of hydrogen-bond acceptors (Lipinski definition) is 9. The third-order valence-electron chi connectivity index (χ3n) is 7.07. The maximum Gasteiger partial charge on any atom is 0.307 e. The maximum atomic E-state index is 14.0. The molecule has 1 aromatic rings. The standard InChI is InChI=1S/C28H46N4O6S/c1-7-10-21(30-26(36)22-11-8-9-12-31(22)6)28(37)32(17-38-25(35)13-18(2)3)23(19(4)5)14-24(34)27-29-20(15-33)16-39-27/h15-16,18-19,21-24,34H,7-14,17H2,1-6H3,(H,30,36)/t21-,22+,23+,24+/m0/s1. The maximum absolute atomic E-state index is 14.0. The molecule has 1 aliphatic rings. The van der Waals surface area contributed by atoms with Gasteiger partial charge in [0.2, 0.25) is 11.8 Å². The second-order valence-corrected chi connectivity index (χ2v) is 12.1. The second kappa shape index (κ2) is 16.0. The number of likely N-dealkylation sites (N-methyl/N-ethyl adjacent to an activating group) is 1. The summed E-state index contributed by atoms with van der Waals surface area (Å²) in [6, 6.07) is -1.60. The van der Waals surface area contributed by atoms with Gasteiger partial charge in [-0.15, -0.1) is 11.3 Å². The van der Waals surface area contributed by atoms with E-state index in [-0.39, 0.29) is 55.0 Å². The zero-order chi connectivity index (χ0) is 29.1. The van der Waals surface area contributed by atoms with Gasteiger partial charge < -0.3 is 20.1 Å². The number of aldehydes is 1. The van der Waals surface area contributed by atoms with Crippen LogP contribution in [-0.4, -0.2) is 82.4 Å². The van der Waals surface area contributed by atoms with Crippen LogP contribution in [0.2, 0.25) is 0 Å². The van der Waals surface area contributed by atoms with Crippen LogP contribution in [-0.2, 0) is 19.1 Å². The predicted octanol–water partition coefficient (Wildman–Crippen LogP) is 3.55. The fourth-order valence-electron chi connectivity index (χ4n) is 4.87. The average Bonchev–Trinajstić information content (AvgIpc) is 3.37. The van der Waals surface area contributed by atoms with Crippen molar-refractivity contribution in [1.29, 1.82) is 0 Å². The van der Waals surface area contributed by atoms with E-state index in [1.54, 1.807) is 5.38 Å². The third-order valence-corrected chi connectivity index (χ3v) is 8.03. The van der Waals surface area contributed by atoms with E-state index in [0.717, 1.165) is 25.8 Å².